The molecule has 0 aliphatic heterocycles. The second-order valence-corrected chi connectivity index (χ2v) is 4.89. The molecule has 3 N–H and O–H groups in total. The molecule has 124 valence electrons. The molecular weight excluding hydrogens is 314 g/mol. The average Bonchev–Trinajstić information content (AvgIpc) is 2.55. The first-order valence-electron chi connectivity index (χ1n) is 7.24. The van der Waals surface area contributed by atoms with Crippen molar-refractivity contribution in [1.29, 1.82) is 0 Å². The molecule has 24 heavy (non-hydrogen) atoms. The molecule has 0 atom stereocenters. The van der Waals surface area contributed by atoms with Crippen molar-refractivity contribution in [2.75, 3.05) is 12.3 Å². The van der Waals surface area contributed by atoms with Gasteiger partial charge in [-0.15, -0.1) is 0 Å². The molecule has 0 bridgehead atoms. The third kappa shape index (κ3) is 5.29. The van der Waals surface area contributed by atoms with Crippen molar-refractivity contribution in [3.8, 4) is 11.8 Å². The monoisotopic (exact) mass is 330 g/mol. The van der Waals surface area contributed by atoms with Crippen molar-refractivity contribution >= 4 is 11.8 Å². The molecule has 0 aliphatic rings. The van der Waals surface area contributed by atoms with E-state index in [2.05, 4.69) is 17.2 Å². The van der Waals surface area contributed by atoms with Gasteiger partial charge in [-0.3, -0.25) is 0 Å². The number of nitrogens with one attached hydrogen (secondary N) is 1. The van der Waals surface area contributed by atoms with Crippen LogP contribution < -0.4 is 11.1 Å². The van der Waals surface area contributed by atoms with Gasteiger partial charge in [0.1, 0.15) is 18.2 Å². The van der Waals surface area contributed by atoms with E-state index < -0.39 is 17.7 Å². The maximum Gasteiger partial charge on any atom is 0.407 e. The number of nitrogens with two attached hydrogens (primary N) is 1. The highest BCUT2D eigenvalue weighted by Gasteiger charge is 2.06. The van der Waals surface area contributed by atoms with Crippen LogP contribution in [0.2, 0.25) is 0 Å². The van der Waals surface area contributed by atoms with E-state index >= 15 is 0 Å². The molecule has 6 heteroatoms. The number of hydrogen-bond donors (Lipinski definition) is 2. The first-order chi connectivity index (χ1) is 11.6. The van der Waals surface area contributed by atoms with E-state index in [1.54, 1.807) is 0 Å². The van der Waals surface area contributed by atoms with Crippen molar-refractivity contribution in [3.05, 3.63) is 65.2 Å². The minimum absolute atomic E-state index is 0.0527. The number of anilines is 1. The number of nitrogen functional groups attached to an aromatic ring is 1. The Morgan fingerprint density at radius 1 is 1.21 bits per heavy atom. The van der Waals surface area contributed by atoms with Gasteiger partial charge in [0.05, 0.1) is 11.3 Å². The minimum Gasteiger partial charge on any atom is -0.445 e. The Morgan fingerprint density at radius 3 is 2.67 bits per heavy atom. The van der Waals surface area contributed by atoms with Gasteiger partial charge in [-0.25, -0.2) is 13.6 Å². The quantitative estimate of drug-likeness (QED) is 0.514. The Balaban J connectivity index is 1.74. The van der Waals surface area contributed by atoms with Crippen LogP contribution in [0.4, 0.5) is 19.3 Å². The Bertz CT molecular complexity index is 745. The highest BCUT2D eigenvalue weighted by molar-refractivity contribution is 5.67. The van der Waals surface area contributed by atoms with Gasteiger partial charge >= 0.3 is 6.09 Å². The fraction of sp³-hybridized carbons (Fsp3) is 0.167. The smallest absolute Gasteiger partial charge is 0.407 e. The lowest BCUT2D eigenvalue weighted by Gasteiger charge is -2.05. The molecule has 0 spiro atoms. The first-order valence-corrected chi connectivity index (χ1v) is 7.24. The molecule has 2 rings (SSSR count). The third-order valence-corrected chi connectivity index (χ3v) is 3.03. The predicted octanol–water partition coefficient (Wildman–Crippen LogP) is 3.22. The van der Waals surface area contributed by atoms with Crippen LogP contribution >= 0.6 is 0 Å². The number of halogens is 2. The number of benzene rings is 2. The maximum absolute atomic E-state index is 13.5. The van der Waals surface area contributed by atoms with Crippen molar-refractivity contribution in [2.45, 2.75) is 13.0 Å². The topological polar surface area (TPSA) is 64.3 Å². The Kier molecular flexibility index (Phi) is 6.15. The summed E-state index contributed by atoms with van der Waals surface area (Å²) in [6.07, 6.45) is -0.287. The maximum atomic E-state index is 13.5. The molecule has 0 saturated heterocycles. The van der Waals surface area contributed by atoms with Crippen molar-refractivity contribution in [1.82, 2.24) is 5.32 Å². The van der Waals surface area contributed by atoms with Gasteiger partial charge < -0.3 is 15.8 Å². The molecule has 0 aromatic heterocycles. The number of ether oxygens (including phenoxy) is 1. The first kappa shape index (κ1) is 17.3. The number of amides is 1. The number of carbonyl (C=O) groups excluding carboxylic acids is 1. The van der Waals surface area contributed by atoms with Crippen LogP contribution in [-0.2, 0) is 11.3 Å². The minimum atomic E-state index is -0.810. The number of carbonyl (C=O) groups is 1. The van der Waals surface area contributed by atoms with Gasteiger partial charge in [0, 0.05) is 19.0 Å². The molecular formula is C18H16F2N2O2. The fourth-order valence-corrected chi connectivity index (χ4v) is 1.88. The molecule has 4 nitrogen and oxygen atoms in total. The van der Waals surface area contributed by atoms with Gasteiger partial charge in [-0.2, -0.15) is 0 Å². The van der Waals surface area contributed by atoms with Crippen LogP contribution in [0.25, 0.3) is 0 Å². The Hall–Kier alpha value is -3.07. The molecule has 0 radical (unpaired) electrons. The highest BCUT2D eigenvalue weighted by atomic mass is 19.1. The summed E-state index contributed by atoms with van der Waals surface area (Å²) in [5.74, 6) is 3.64. The van der Waals surface area contributed by atoms with Crippen molar-refractivity contribution < 1.29 is 18.3 Å². The molecule has 0 saturated carbocycles. The summed E-state index contributed by atoms with van der Waals surface area (Å²) < 4.78 is 31.4. The SMILES string of the molecule is Nc1cc(F)cc(F)c1C#CCCNC(=O)OCc1ccccc1. The standard InChI is InChI=1S/C18H16F2N2O2/c19-14-10-16(20)15(17(21)11-14)8-4-5-9-22-18(23)24-12-13-6-2-1-3-7-13/h1-3,6-7,10-11H,5,9,12,21H2,(H,22,23). The number of rotatable bonds is 4. The lowest BCUT2D eigenvalue weighted by atomic mass is 10.1. The average molecular weight is 330 g/mol. The second-order valence-electron chi connectivity index (χ2n) is 4.89. The predicted molar refractivity (Wildman–Crippen MR) is 86.9 cm³/mol. The van der Waals surface area contributed by atoms with E-state index in [0.717, 1.165) is 17.7 Å². The molecule has 0 unspecified atom stereocenters. The summed E-state index contributed by atoms with van der Waals surface area (Å²) in [7, 11) is 0. The summed E-state index contributed by atoms with van der Waals surface area (Å²) in [4.78, 5) is 11.5. The van der Waals surface area contributed by atoms with Gasteiger partial charge in [0.15, 0.2) is 0 Å². The van der Waals surface area contributed by atoms with Crippen LogP contribution in [0, 0.1) is 23.5 Å². The lowest BCUT2D eigenvalue weighted by Crippen LogP contribution is -2.24. The fourth-order valence-electron chi connectivity index (χ4n) is 1.88. The normalized spacial score (nSPS) is 9.75. The lowest BCUT2D eigenvalue weighted by molar-refractivity contribution is 0.140. The van der Waals surface area contributed by atoms with Crippen LogP contribution in [-0.4, -0.2) is 12.6 Å². The van der Waals surface area contributed by atoms with E-state index in [9.17, 15) is 13.6 Å². The second kappa shape index (κ2) is 8.53. The highest BCUT2D eigenvalue weighted by Crippen LogP contribution is 2.16. The van der Waals surface area contributed by atoms with E-state index in [-0.39, 0.29) is 30.8 Å². The van der Waals surface area contributed by atoms with Crippen LogP contribution in [0.1, 0.15) is 17.5 Å². The zero-order valence-electron chi connectivity index (χ0n) is 12.8. The molecule has 0 heterocycles. The van der Waals surface area contributed by atoms with Crippen LogP contribution in [0.15, 0.2) is 42.5 Å². The third-order valence-electron chi connectivity index (χ3n) is 3.03. The van der Waals surface area contributed by atoms with Gasteiger partial charge in [-0.05, 0) is 11.6 Å². The Morgan fingerprint density at radius 2 is 1.96 bits per heavy atom. The zero-order valence-corrected chi connectivity index (χ0v) is 12.8. The summed E-state index contributed by atoms with van der Waals surface area (Å²) in [5.41, 5.74) is 6.28. The molecule has 2 aromatic carbocycles. The summed E-state index contributed by atoms with van der Waals surface area (Å²) in [6.45, 7) is 0.416. The van der Waals surface area contributed by atoms with Crippen molar-refractivity contribution in [3.63, 3.8) is 0 Å². The number of alkyl carbamates (subject to hydrolysis) is 1. The summed E-state index contributed by atoms with van der Waals surface area (Å²) in [5, 5.41) is 2.53. The van der Waals surface area contributed by atoms with E-state index in [1.807, 2.05) is 30.3 Å². The van der Waals surface area contributed by atoms with Crippen molar-refractivity contribution in [2.24, 2.45) is 0 Å². The molecule has 2 aromatic rings. The zero-order chi connectivity index (χ0) is 17.4. The van der Waals surface area contributed by atoms with E-state index in [0.29, 0.717) is 0 Å². The van der Waals surface area contributed by atoms with Crippen LogP contribution in [0.3, 0.4) is 0 Å². The van der Waals surface area contributed by atoms with Gasteiger partial charge in [-0.1, -0.05) is 42.2 Å². The molecule has 0 aliphatic carbocycles. The largest absolute Gasteiger partial charge is 0.445 e. The molecule has 1 amide bonds. The van der Waals surface area contributed by atoms with Gasteiger partial charge in [0.25, 0.3) is 0 Å². The number of hydrogen-bond acceptors (Lipinski definition) is 3. The summed E-state index contributed by atoms with van der Waals surface area (Å²) in [6, 6.07) is 11.0. The summed E-state index contributed by atoms with van der Waals surface area (Å²) >= 11 is 0. The van der Waals surface area contributed by atoms with E-state index in [4.69, 9.17) is 10.5 Å². The molecule has 0 fully saturated rings. The Labute approximate surface area is 138 Å². The van der Waals surface area contributed by atoms with E-state index in [1.165, 1.54) is 0 Å². The van der Waals surface area contributed by atoms with Crippen LogP contribution in [0.5, 0.6) is 0 Å². The van der Waals surface area contributed by atoms with Gasteiger partial charge in [0.2, 0.25) is 0 Å².